The maximum Gasteiger partial charge on any atom is 0.408 e. The zero-order valence-corrected chi connectivity index (χ0v) is 12.5. The maximum atomic E-state index is 11.6. The molecule has 0 saturated heterocycles. The van der Waals surface area contributed by atoms with Gasteiger partial charge in [0.1, 0.15) is 11.6 Å². The Bertz CT molecular complexity index is 287. The molecule has 0 aliphatic carbocycles. The van der Waals surface area contributed by atoms with E-state index in [9.17, 15) is 9.59 Å². The highest BCUT2D eigenvalue weighted by molar-refractivity contribution is 5.81. The third-order valence-corrected chi connectivity index (χ3v) is 2.35. The molecule has 0 aromatic heterocycles. The first kappa shape index (κ1) is 17.7. The minimum Gasteiger partial charge on any atom is -0.467 e. The van der Waals surface area contributed by atoms with Gasteiger partial charge < -0.3 is 20.1 Å². The van der Waals surface area contributed by atoms with Crippen molar-refractivity contribution in [3.05, 3.63) is 0 Å². The predicted octanol–water partition coefficient (Wildman–Crippen LogP) is 1.44. The molecule has 6 nitrogen and oxygen atoms in total. The minimum atomic E-state index is -0.656. The van der Waals surface area contributed by atoms with Crippen molar-refractivity contribution in [3.8, 4) is 0 Å². The summed E-state index contributed by atoms with van der Waals surface area (Å²) in [6.45, 7) is 6.19. The van der Waals surface area contributed by atoms with Gasteiger partial charge in [0, 0.05) is 0 Å². The maximum absolute atomic E-state index is 11.6. The van der Waals surface area contributed by atoms with Crippen LogP contribution in [0.4, 0.5) is 4.79 Å². The third-order valence-electron chi connectivity index (χ3n) is 2.35. The molecule has 6 heteroatoms. The molecule has 0 aromatic carbocycles. The van der Waals surface area contributed by atoms with Gasteiger partial charge in [0.15, 0.2) is 0 Å². The van der Waals surface area contributed by atoms with Gasteiger partial charge in [0.05, 0.1) is 7.11 Å². The lowest BCUT2D eigenvalue weighted by Gasteiger charge is -2.22. The molecule has 0 heterocycles. The molecule has 1 amide bonds. The Kier molecular flexibility index (Phi) is 8.14. The van der Waals surface area contributed by atoms with E-state index in [-0.39, 0.29) is 0 Å². The lowest BCUT2D eigenvalue weighted by Crippen LogP contribution is -2.44. The number of ether oxygens (including phenoxy) is 2. The summed E-state index contributed by atoms with van der Waals surface area (Å²) in [4.78, 5) is 23.2. The smallest absolute Gasteiger partial charge is 0.408 e. The van der Waals surface area contributed by atoms with Crippen molar-refractivity contribution in [2.75, 3.05) is 20.7 Å². The van der Waals surface area contributed by atoms with Gasteiger partial charge in [-0.2, -0.15) is 0 Å². The molecule has 112 valence electrons. The van der Waals surface area contributed by atoms with Crippen molar-refractivity contribution in [2.45, 2.75) is 51.7 Å². The van der Waals surface area contributed by atoms with Crippen LogP contribution in [0.25, 0.3) is 0 Å². The zero-order chi connectivity index (χ0) is 14.9. The second-order valence-electron chi connectivity index (χ2n) is 5.32. The first-order valence-electron chi connectivity index (χ1n) is 6.52. The quantitative estimate of drug-likeness (QED) is 0.542. The second-order valence-corrected chi connectivity index (χ2v) is 5.32. The van der Waals surface area contributed by atoms with Gasteiger partial charge in [-0.05, 0) is 53.6 Å². The van der Waals surface area contributed by atoms with Crippen LogP contribution in [0.3, 0.4) is 0 Å². The lowest BCUT2D eigenvalue weighted by molar-refractivity contribution is -0.143. The molecule has 1 unspecified atom stereocenters. The van der Waals surface area contributed by atoms with E-state index in [1.165, 1.54) is 7.11 Å². The highest BCUT2D eigenvalue weighted by Gasteiger charge is 2.24. The van der Waals surface area contributed by atoms with E-state index in [1.54, 1.807) is 20.8 Å². The van der Waals surface area contributed by atoms with E-state index in [2.05, 4.69) is 15.4 Å². The van der Waals surface area contributed by atoms with Crippen molar-refractivity contribution >= 4 is 12.1 Å². The second kappa shape index (κ2) is 8.74. The molecule has 0 aromatic rings. The van der Waals surface area contributed by atoms with Gasteiger partial charge in [0.25, 0.3) is 0 Å². The van der Waals surface area contributed by atoms with Crippen LogP contribution in [-0.2, 0) is 14.3 Å². The van der Waals surface area contributed by atoms with E-state index in [0.717, 1.165) is 19.4 Å². The summed E-state index contributed by atoms with van der Waals surface area (Å²) in [7, 11) is 3.18. The fraction of sp³-hybridized carbons (Fsp3) is 0.846. The Hall–Kier alpha value is -1.30. The topological polar surface area (TPSA) is 76.7 Å². The molecule has 0 aliphatic heterocycles. The van der Waals surface area contributed by atoms with Crippen LogP contribution >= 0.6 is 0 Å². The van der Waals surface area contributed by atoms with E-state index in [0.29, 0.717) is 6.42 Å². The van der Waals surface area contributed by atoms with Gasteiger partial charge in [-0.3, -0.25) is 0 Å². The molecule has 1 atom stereocenters. The number of amides is 1. The van der Waals surface area contributed by atoms with E-state index in [4.69, 9.17) is 4.74 Å². The number of nitrogens with one attached hydrogen (secondary N) is 2. The molecule has 0 rings (SSSR count). The Morgan fingerprint density at radius 2 is 1.84 bits per heavy atom. The molecular weight excluding hydrogens is 248 g/mol. The molecule has 2 N–H and O–H groups in total. The number of esters is 1. The summed E-state index contributed by atoms with van der Waals surface area (Å²) in [5.74, 6) is -0.449. The number of rotatable bonds is 7. The number of carbonyl (C=O) groups is 2. The molecule has 0 fully saturated rings. The number of alkyl carbamates (subject to hydrolysis) is 1. The van der Waals surface area contributed by atoms with Crippen LogP contribution in [0.2, 0.25) is 0 Å². The van der Waals surface area contributed by atoms with Crippen molar-refractivity contribution in [1.29, 1.82) is 0 Å². The number of unbranched alkanes of at least 4 members (excludes halogenated alkanes) is 1. The van der Waals surface area contributed by atoms with E-state index in [1.807, 2.05) is 7.05 Å². The monoisotopic (exact) mass is 274 g/mol. The van der Waals surface area contributed by atoms with Crippen LogP contribution in [-0.4, -0.2) is 44.4 Å². The van der Waals surface area contributed by atoms with Crippen LogP contribution in [0, 0.1) is 0 Å². The molecule has 19 heavy (non-hydrogen) atoms. The molecule has 0 aliphatic rings. The fourth-order valence-corrected chi connectivity index (χ4v) is 1.49. The third kappa shape index (κ3) is 9.30. The number of hydrogen-bond acceptors (Lipinski definition) is 5. The first-order valence-corrected chi connectivity index (χ1v) is 6.52. The van der Waals surface area contributed by atoms with Crippen LogP contribution in [0.1, 0.15) is 40.0 Å². The summed E-state index contributed by atoms with van der Waals surface area (Å²) in [5.41, 5.74) is -0.586. The Labute approximate surface area is 115 Å². The summed E-state index contributed by atoms with van der Waals surface area (Å²) in [6, 6.07) is -0.656. The predicted molar refractivity (Wildman–Crippen MR) is 73.0 cm³/mol. The largest absolute Gasteiger partial charge is 0.467 e. The molecule has 0 bridgehead atoms. The van der Waals surface area contributed by atoms with Crippen molar-refractivity contribution in [1.82, 2.24) is 10.6 Å². The Morgan fingerprint density at radius 3 is 2.32 bits per heavy atom. The summed E-state index contributed by atoms with van der Waals surface area (Å²) in [5, 5.41) is 5.57. The molecule has 0 saturated carbocycles. The van der Waals surface area contributed by atoms with Gasteiger partial charge >= 0.3 is 12.1 Å². The molecular formula is C13H26N2O4. The van der Waals surface area contributed by atoms with Crippen molar-refractivity contribution in [2.24, 2.45) is 0 Å². The van der Waals surface area contributed by atoms with Crippen LogP contribution in [0.5, 0.6) is 0 Å². The standard InChI is InChI=1S/C13H26N2O4/c1-13(2,3)19-12(17)15-10(11(16)18-5)8-6-7-9-14-4/h10,14H,6-9H2,1-5H3,(H,15,17). The van der Waals surface area contributed by atoms with Gasteiger partial charge in [-0.15, -0.1) is 0 Å². The Balaban J connectivity index is 4.27. The van der Waals surface area contributed by atoms with E-state index >= 15 is 0 Å². The summed E-state index contributed by atoms with van der Waals surface area (Å²) < 4.78 is 9.80. The highest BCUT2D eigenvalue weighted by atomic mass is 16.6. The fourth-order valence-electron chi connectivity index (χ4n) is 1.49. The van der Waals surface area contributed by atoms with Gasteiger partial charge in [0.2, 0.25) is 0 Å². The average Bonchev–Trinajstić information content (AvgIpc) is 2.29. The average molecular weight is 274 g/mol. The Morgan fingerprint density at radius 1 is 1.21 bits per heavy atom. The number of methoxy groups -OCH3 is 1. The first-order chi connectivity index (χ1) is 8.80. The molecule has 0 spiro atoms. The summed E-state index contributed by atoms with van der Waals surface area (Å²) >= 11 is 0. The summed E-state index contributed by atoms with van der Waals surface area (Å²) in [6.07, 6.45) is 1.68. The van der Waals surface area contributed by atoms with Crippen molar-refractivity contribution in [3.63, 3.8) is 0 Å². The van der Waals surface area contributed by atoms with Gasteiger partial charge in [-0.25, -0.2) is 9.59 Å². The SMILES string of the molecule is CNCCCCC(NC(=O)OC(C)(C)C)C(=O)OC. The van der Waals surface area contributed by atoms with Crippen LogP contribution in [0.15, 0.2) is 0 Å². The van der Waals surface area contributed by atoms with Crippen LogP contribution < -0.4 is 10.6 Å². The van der Waals surface area contributed by atoms with Crippen molar-refractivity contribution < 1.29 is 19.1 Å². The highest BCUT2D eigenvalue weighted by Crippen LogP contribution is 2.08. The zero-order valence-electron chi connectivity index (χ0n) is 12.5. The number of hydrogen-bond donors (Lipinski definition) is 2. The lowest BCUT2D eigenvalue weighted by atomic mass is 10.1. The normalized spacial score (nSPS) is 12.7. The van der Waals surface area contributed by atoms with Gasteiger partial charge in [-0.1, -0.05) is 0 Å². The van der Waals surface area contributed by atoms with E-state index < -0.39 is 23.7 Å². The minimum absolute atomic E-state index is 0.449. The number of carbonyl (C=O) groups excluding carboxylic acids is 2. The molecule has 0 radical (unpaired) electrons.